The fourth-order valence-corrected chi connectivity index (χ4v) is 2.40. The summed E-state index contributed by atoms with van der Waals surface area (Å²) >= 11 is 0. The van der Waals surface area contributed by atoms with E-state index in [0.717, 1.165) is 24.2 Å². The van der Waals surface area contributed by atoms with Crippen LogP contribution in [0.4, 0.5) is 5.69 Å². The molecule has 5 heteroatoms. The summed E-state index contributed by atoms with van der Waals surface area (Å²) in [5.74, 6) is 1.02. The number of amides is 1. The number of carbonyl (C=O) groups is 1. The molecule has 1 rings (SSSR count). The van der Waals surface area contributed by atoms with Gasteiger partial charge >= 0.3 is 0 Å². The predicted octanol–water partition coefficient (Wildman–Crippen LogP) is 2.32. The largest absolute Gasteiger partial charge is 0.384 e. The van der Waals surface area contributed by atoms with Crippen LogP contribution in [0, 0.1) is 6.92 Å². The zero-order chi connectivity index (χ0) is 15.0. The summed E-state index contributed by atoms with van der Waals surface area (Å²) in [6.07, 6.45) is 1.00. The third-order valence-corrected chi connectivity index (χ3v) is 4.23. The number of aryl methyl sites for hydroxylation is 1. The van der Waals surface area contributed by atoms with Crippen molar-refractivity contribution in [3.05, 3.63) is 29.3 Å². The molecule has 0 aliphatic carbocycles. The quantitative estimate of drug-likeness (QED) is 0.774. The van der Waals surface area contributed by atoms with E-state index in [2.05, 4.69) is 17.6 Å². The van der Waals surface area contributed by atoms with Gasteiger partial charge in [-0.2, -0.15) is 0 Å². The second kappa shape index (κ2) is 8.74. The zero-order valence-electron chi connectivity index (χ0n) is 12.5. The first-order valence-corrected chi connectivity index (χ1v) is 8.55. The molecule has 1 amide bonds. The van der Waals surface area contributed by atoms with Gasteiger partial charge in [0, 0.05) is 41.1 Å². The van der Waals surface area contributed by atoms with Crippen LogP contribution in [-0.2, 0) is 10.8 Å². The molecule has 1 aromatic carbocycles. The third kappa shape index (κ3) is 5.33. The molecule has 0 spiro atoms. The molecule has 0 saturated heterocycles. The first kappa shape index (κ1) is 16.7. The molecule has 1 aromatic rings. The first-order chi connectivity index (χ1) is 9.58. The van der Waals surface area contributed by atoms with Crippen molar-refractivity contribution >= 4 is 22.4 Å². The molecule has 20 heavy (non-hydrogen) atoms. The van der Waals surface area contributed by atoms with Gasteiger partial charge in [0.2, 0.25) is 0 Å². The van der Waals surface area contributed by atoms with Crippen LogP contribution in [0.15, 0.2) is 18.2 Å². The van der Waals surface area contributed by atoms with Gasteiger partial charge in [-0.3, -0.25) is 9.00 Å². The number of hydrogen-bond donors (Lipinski definition) is 2. The monoisotopic (exact) mass is 296 g/mol. The van der Waals surface area contributed by atoms with Crippen LogP contribution in [0.25, 0.3) is 0 Å². The van der Waals surface area contributed by atoms with E-state index in [1.807, 2.05) is 32.0 Å². The van der Waals surface area contributed by atoms with Crippen LogP contribution >= 0.6 is 0 Å². The summed E-state index contributed by atoms with van der Waals surface area (Å²) in [6, 6.07) is 5.80. The van der Waals surface area contributed by atoms with Crippen LogP contribution in [0.3, 0.4) is 0 Å². The molecule has 0 aliphatic rings. The lowest BCUT2D eigenvalue weighted by molar-refractivity contribution is 0.0957. The number of carbonyl (C=O) groups excluding carboxylic acids is 1. The van der Waals surface area contributed by atoms with E-state index in [1.54, 1.807) is 0 Å². The minimum Gasteiger partial charge on any atom is -0.384 e. The van der Waals surface area contributed by atoms with E-state index in [0.29, 0.717) is 23.6 Å². The first-order valence-electron chi connectivity index (χ1n) is 7.06. The third-order valence-electron chi connectivity index (χ3n) is 2.92. The van der Waals surface area contributed by atoms with E-state index in [-0.39, 0.29) is 5.91 Å². The Morgan fingerprint density at radius 1 is 1.25 bits per heavy atom. The maximum atomic E-state index is 12.2. The SMILES string of the molecule is CCCNc1ccc(C)cc1C(=O)NCCS(=O)CC. The van der Waals surface area contributed by atoms with Crippen LogP contribution in [0.2, 0.25) is 0 Å². The van der Waals surface area contributed by atoms with E-state index >= 15 is 0 Å². The lowest BCUT2D eigenvalue weighted by Crippen LogP contribution is -2.28. The molecule has 4 nitrogen and oxygen atoms in total. The molecular weight excluding hydrogens is 272 g/mol. The maximum Gasteiger partial charge on any atom is 0.253 e. The number of benzene rings is 1. The summed E-state index contributed by atoms with van der Waals surface area (Å²) < 4.78 is 11.3. The van der Waals surface area contributed by atoms with Crippen molar-refractivity contribution in [2.75, 3.05) is 29.9 Å². The highest BCUT2D eigenvalue weighted by Gasteiger charge is 2.11. The van der Waals surface area contributed by atoms with Crippen LogP contribution in [0.5, 0.6) is 0 Å². The van der Waals surface area contributed by atoms with Gasteiger partial charge in [0.25, 0.3) is 5.91 Å². The molecule has 0 saturated carbocycles. The zero-order valence-corrected chi connectivity index (χ0v) is 13.3. The lowest BCUT2D eigenvalue weighted by Gasteiger charge is -2.12. The second-order valence-corrected chi connectivity index (χ2v) is 6.53. The van der Waals surface area contributed by atoms with Gasteiger partial charge in [-0.25, -0.2) is 0 Å². The van der Waals surface area contributed by atoms with Crippen LogP contribution in [0.1, 0.15) is 36.2 Å². The van der Waals surface area contributed by atoms with Gasteiger partial charge < -0.3 is 10.6 Å². The molecule has 0 aliphatic heterocycles. The summed E-state index contributed by atoms with van der Waals surface area (Å²) in [7, 11) is -0.845. The molecule has 1 atom stereocenters. The molecule has 0 radical (unpaired) electrons. The second-order valence-electron chi connectivity index (χ2n) is 4.66. The van der Waals surface area contributed by atoms with E-state index in [4.69, 9.17) is 0 Å². The van der Waals surface area contributed by atoms with Gasteiger partial charge in [0.05, 0.1) is 5.56 Å². The molecular formula is C15H24N2O2S. The fraction of sp³-hybridized carbons (Fsp3) is 0.533. The summed E-state index contributed by atoms with van der Waals surface area (Å²) in [5.41, 5.74) is 2.56. The van der Waals surface area contributed by atoms with Gasteiger partial charge in [-0.05, 0) is 25.5 Å². The summed E-state index contributed by atoms with van der Waals surface area (Å²) in [4.78, 5) is 12.2. The normalized spacial score (nSPS) is 11.9. The average molecular weight is 296 g/mol. The summed E-state index contributed by atoms with van der Waals surface area (Å²) in [6.45, 7) is 7.21. The highest BCUT2D eigenvalue weighted by atomic mass is 32.2. The molecule has 0 heterocycles. The lowest BCUT2D eigenvalue weighted by atomic mass is 10.1. The van der Waals surface area contributed by atoms with E-state index in [1.165, 1.54) is 0 Å². The number of hydrogen-bond acceptors (Lipinski definition) is 3. The minimum atomic E-state index is -0.845. The molecule has 2 N–H and O–H groups in total. The van der Waals surface area contributed by atoms with Gasteiger partial charge in [0.1, 0.15) is 0 Å². The molecule has 0 aromatic heterocycles. The Morgan fingerprint density at radius 3 is 2.65 bits per heavy atom. The Labute approximate surface area is 123 Å². The molecule has 0 fully saturated rings. The Morgan fingerprint density at radius 2 is 2.00 bits per heavy atom. The van der Waals surface area contributed by atoms with E-state index in [9.17, 15) is 9.00 Å². The highest BCUT2D eigenvalue weighted by Crippen LogP contribution is 2.17. The minimum absolute atomic E-state index is 0.111. The van der Waals surface area contributed by atoms with E-state index < -0.39 is 10.8 Å². The Kier molecular flexibility index (Phi) is 7.30. The molecule has 0 bridgehead atoms. The van der Waals surface area contributed by atoms with Crippen LogP contribution in [-0.4, -0.2) is 34.7 Å². The van der Waals surface area contributed by atoms with Gasteiger partial charge in [-0.1, -0.05) is 25.5 Å². The van der Waals surface area contributed by atoms with Crippen molar-refractivity contribution in [2.24, 2.45) is 0 Å². The Balaban J connectivity index is 2.69. The average Bonchev–Trinajstić information content (AvgIpc) is 2.45. The molecule has 1 unspecified atom stereocenters. The van der Waals surface area contributed by atoms with Crippen LogP contribution < -0.4 is 10.6 Å². The van der Waals surface area contributed by atoms with Gasteiger partial charge in [0.15, 0.2) is 0 Å². The number of anilines is 1. The Hall–Kier alpha value is -1.36. The van der Waals surface area contributed by atoms with Crippen molar-refractivity contribution in [1.29, 1.82) is 0 Å². The van der Waals surface area contributed by atoms with Crippen molar-refractivity contribution in [3.63, 3.8) is 0 Å². The van der Waals surface area contributed by atoms with Crippen molar-refractivity contribution < 1.29 is 9.00 Å². The van der Waals surface area contributed by atoms with Gasteiger partial charge in [-0.15, -0.1) is 0 Å². The number of rotatable bonds is 8. The number of nitrogens with one attached hydrogen (secondary N) is 2. The van der Waals surface area contributed by atoms with Crippen molar-refractivity contribution in [2.45, 2.75) is 27.2 Å². The Bertz CT molecular complexity index is 475. The smallest absolute Gasteiger partial charge is 0.253 e. The maximum absolute atomic E-state index is 12.2. The predicted molar refractivity (Wildman–Crippen MR) is 85.8 cm³/mol. The molecule has 112 valence electrons. The fourth-order valence-electron chi connectivity index (χ4n) is 1.78. The van der Waals surface area contributed by atoms with Crippen molar-refractivity contribution in [3.8, 4) is 0 Å². The summed E-state index contributed by atoms with van der Waals surface area (Å²) in [5, 5.41) is 6.10. The highest BCUT2D eigenvalue weighted by molar-refractivity contribution is 7.84. The topological polar surface area (TPSA) is 58.2 Å². The van der Waals surface area contributed by atoms with Crippen molar-refractivity contribution in [1.82, 2.24) is 5.32 Å². The standard InChI is InChI=1S/C15H24N2O2S/c1-4-8-16-14-7-6-12(3)11-13(14)15(18)17-9-10-20(19)5-2/h6-7,11,16H,4-5,8-10H2,1-3H3,(H,17,18).